The summed E-state index contributed by atoms with van der Waals surface area (Å²) in [6, 6.07) is 5.30. The minimum atomic E-state index is -0.476. The number of amides is 2. The van der Waals surface area contributed by atoms with Crippen molar-refractivity contribution in [3.8, 4) is 0 Å². The van der Waals surface area contributed by atoms with Gasteiger partial charge in [0, 0.05) is 24.2 Å². The number of halogens is 1. The van der Waals surface area contributed by atoms with Crippen molar-refractivity contribution in [1.29, 1.82) is 0 Å². The van der Waals surface area contributed by atoms with E-state index in [4.69, 9.17) is 16.3 Å². The molecule has 0 unspecified atom stereocenters. The number of nitrogens with zero attached hydrogens (tertiary/aromatic N) is 1. The summed E-state index contributed by atoms with van der Waals surface area (Å²) in [5, 5.41) is 6.10. The molecule has 0 bridgehead atoms. The van der Waals surface area contributed by atoms with Crippen LogP contribution < -0.4 is 10.6 Å². The van der Waals surface area contributed by atoms with Crippen LogP contribution in [0.25, 0.3) is 0 Å². The number of hydrogen-bond donors (Lipinski definition) is 2. The van der Waals surface area contributed by atoms with Gasteiger partial charge in [0.1, 0.15) is 5.25 Å². The van der Waals surface area contributed by atoms with Gasteiger partial charge in [-0.15, -0.1) is 0 Å². The van der Waals surface area contributed by atoms with Crippen molar-refractivity contribution in [1.82, 2.24) is 5.32 Å². The van der Waals surface area contributed by atoms with E-state index in [-0.39, 0.29) is 18.2 Å². The smallest absolute Gasteiger partial charge is 0.240 e. The lowest BCUT2D eigenvalue weighted by atomic mass is 10.2. The standard InChI is InChI=1S/C15H18ClN3O3S/c1-9-10(16)4-3-5-11(9)18-13(20)8-12-14(21)19-15(23-12)17-6-7-22-2/h3-5,12H,6-8H2,1-2H3,(H,18,20)(H,17,19,21)/t12-/m0/s1. The van der Waals surface area contributed by atoms with E-state index in [0.29, 0.717) is 29.0 Å². The number of carbonyl (C=O) groups excluding carboxylic acids is 2. The zero-order valence-corrected chi connectivity index (χ0v) is 14.5. The molecular formula is C15H18ClN3O3S. The SMILES string of the molecule is COCCN=C1NC(=O)[C@H](CC(=O)Nc2cccc(Cl)c2C)S1. The Balaban J connectivity index is 1.91. The van der Waals surface area contributed by atoms with Gasteiger partial charge in [0.2, 0.25) is 11.8 Å². The number of rotatable bonds is 6. The van der Waals surface area contributed by atoms with Crippen LogP contribution in [-0.2, 0) is 14.3 Å². The molecule has 1 aliphatic heterocycles. The molecule has 8 heteroatoms. The molecule has 6 nitrogen and oxygen atoms in total. The summed E-state index contributed by atoms with van der Waals surface area (Å²) in [4.78, 5) is 28.2. The van der Waals surface area contributed by atoms with Crippen molar-refractivity contribution in [2.24, 2.45) is 4.99 Å². The van der Waals surface area contributed by atoms with Gasteiger partial charge in [-0.1, -0.05) is 29.4 Å². The zero-order chi connectivity index (χ0) is 16.8. The molecule has 2 amide bonds. The van der Waals surface area contributed by atoms with E-state index in [0.717, 1.165) is 5.56 Å². The van der Waals surface area contributed by atoms with Crippen LogP contribution in [0, 0.1) is 6.92 Å². The Labute approximate surface area is 144 Å². The van der Waals surface area contributed by atoms with Gasteiger partial charge in [0.25, 0.3) is 0 Å². The summed E-state index contributed by atoms with van der Waals surface area (Å²) in [5.74, 6) is -0.440. The fourth-order valence-electron chi connectivity index (χ4n) is 1.97. The molecule has 0 spiro atoms. The molecule has 1 aliphatic rings. The lowest BCUT2D eigenvalue weighted by Gasteiger charge is -2.10. The maximum Gasteiger partial charge on any atom is 0.240 e. The van der Waals surface area contributed by atoms with Crippen molar-refractivity contribution in [2.75, 3.05) is 25.6 Å². The molecule has 124 valence electrons. The van der Waals surface area contributed by atoms with E-state index >= 15 is 0 Å². The van der Waals surface area contributed by atoms with Crippen molar-refractivity contribution in [2.45, 2.75) is 18.6 Å². The Morgan fingerprint density at radius 1 is 1.52 bits per heavy atom. The number of anilines is 1. The van der Waals surface area contributed by atoms with E-state index in [1.54, 1.807) is 25.3 Å². The molecule has 0 aliphatic carbocycles. The number of benzene rings is 1. The van der Waals surface area contributed by atoms with Crippen molar-refractivity contribution in [3.63, 3.8) is 0 Å². The molecule has 2 N–H and O–H groups in total. The largest absolute Gasteiger partial charge is 0.383 e. The molecule has 1 atom stereocenters. The van der Waals surface area contributed by atoms with Crippen LogP contribution in [-0.4, -0.2) is 42.5 Å². The molecule has 23 heavy (non-hydrogen) atoms. The van der Waals surface area contributed by atoms with Crippen LogP contribution in [0.5, 0.6) is 0 Å². The number of aliphatic imine (C=N–C) groups is 1. The molecule has 0 aromatic heterocycles. The Hall–Kier alpha value is -1.57. The van der Waals surface area contributed by atoms with Gasteiger partial charge in [-0.2, -0.15) is 0 Å². The molecule has 1 aromatic rings. The Morgan fingerprint density at radius 3 is 3.04 bits per heavy atom. The number of thioether (sulfide) groups is 1. The van der Waals surface area contributed by atoms with E-state index < -0.39 is 5.25 Å². The second-order valence-corrected chi connectivity index (χ2v) is 6.54. The summed E-state index contributed by atoms with van der Waals surface area (Å²) in [7, 11) is 1.59. The number of carbonyl (C=O) groups is 2. The van der Waals surface area contributed by atoms with Crippen LogP contribution >= 0.6 is 23.4 Å². The molecule has 0 radical (unpaired) electrons. The van der Waals surface area contributed by atoms with Crippen LogP contribution in [0.2, 0.25) is 5.02 Å². The molecule has 2 rings (SSSR count). The molecule has 1 heterocycles. The van der Waals surface area contributed by atoms with Gasteiger partial charge in [0.05, 0.1) is 13.2 Å². The first-order valence-electron chi connectivity index (χ1n) is 7.07. The minimum absolute atomic E-state index is 0.0751. The van der Waals surface area contributed by atoms with Gasteiger partial charge in [-0.05, 0) is 24.6 Å². The second kappa shape index (κ2) is 8.33. The molecule has 1 fully saturated rings. The van der Waals surface area contributed by atoms with E-state index in [1.165, 1.54) is 11.8 Å². The Kier molecular flexibility index (Phi) is 6.44. The van der Waals surface area contributed by atoms with Gasteiger partial charge < -0.3 is 15.4 Å². The second-order valence-electron chi connectivity index (χ2n) is 4.94. The lowest BCUT2D eigenvalue weighted by molar-refractivity contribution is -0.122. The number of ether oxygens (including phenoxy) is 1. The first-order chi connectivity index (χ1) is 11.0. The molecular weight excluding hydrogens is 338 g/mol. The van der Waals surface area contributed by atoms with Gasteiger partial charge in [-0.3, -0.25) is 14.6 Å². The lowest BCUT2D eigenvalue weighted by Crippen LogP contribution is -2.28. The molecule has 0 saturated carbocycles. The average molecular weight is 356 g/mol. The van der Waals surface area contributed by atoms with Crippen LogP contribution in [0.4, 0.5) is 5.69 Å². The highest BCUT2D eigenvalue weighted by Crippen LogP contribution is 2.25. The van der Waals surface area contributed by atoms with E-state index in [1.807, 2.05) is 6.92 Å². The number of methoxy groups -OCH3 is 1. The highest BCUT2D eigenvalue weighted by molar-refractivity contribution is 8.15. The molecule has 1 aromatic carbocycles. The maximum absolute atomic E-state index is 12.1. The van der Waals surface area contributed by atoms with Gasteiger partial charge >= 0.3 is 0 Å². The third-order valence-corrected chi connectivity index (χ3v) is 4.77. The van der Waals surface area contributed by atoms with Crippen molar-refractivity contribution >= 4 is 46.0 Å². The Morgan fingerprint density at radius 2 is 2.30 bits per heavy atom. The summed E-state index contributed by atoms with van der Waals surface area (Å²) in [5.41, 5.74) is 1.45. The van der Waals surface area contributed by atoms with Crippen molar-refractivity contribution in [3.05, 3.63) is 28.8 Å². The summed E-state index contributed by atoms with van der Waals surface area (Å²) >= 11 is 7.29. The fraction of sp³-hybridized carbons (Fsp3) is 0.400. The summed E-state index contributed by atoms with van der Waals surface area (Å²) in [6.07, 6.45) is 0.0751. The van der Waals surface area contributed by atoms with E-state index in [9.17, 15) is 9.59 Å². The highest BCUT2D eigenvalue weighted by atomic mass is 35.5. The third-order valence-electron chi connectivity index (χ3n) is 3.24. The van der Waals surface area contributed by atoms with Crippen molar-refractivity contribution < 1.29 is 14.3 Å². The third kappa shape index (κ3) is 4.95. The quantitative estimate of drug-likeness (QED) is 0.767. The topological polar surface area (TPSA) is 79.8 Å². The zero-order valence-electron chi connectivity index (χ0n) is 12.9. The minimum Gasteiger partial charge on any atom is -0.383 e. The first-order valence-corrected chi connectivity index (χ1v) is 8.33. The maximum atomic E-state index is 12.1. The number of nitrogens with one attached hydrogen (secondary N) is 2. The predicted molar refractivity (Wildman–Crippen MR) is 93.1 cm³/mol. The number of hydrogen-bond acceptors (Lipinski definition) is 5. The predicted octanol–water partition coefficient (Wildman–Crippen LogP) is 2.21. The normalized spacial score (nSPS) is 19.0. The van der Waals surface area contributed by atoms with Crippen LogP contribution in [0.15, 0.2) is 23.2 Å². The van der Waals surface area contributed by atoms with Gasteiger partial charge in [-0.25, -0.2) is 0 Å². The number of amidine groups is 1. The fourth-order valence-corrected chi connectivity index (χ4v) is 3.14. The highest BCUT2D eigenvalue weighted by Gasteiger charge is 2.32. The van der Waals surface area contributed by atoms with E-state index in [2.05, 4.69) is 15.6 Å². The monoisotopic (exact) mass is 355 g/mol. The molecule has 1 saturated heterocycles. The summed E-state index contributed by atoms with van der Waals surface area (Å²) in [6.45, 7) is 2.79. The average Bonchev–Trinajstić information content (AvgIpc) is 2.84. The first kappa shape index (κ1) is 17.8. The van der Waals surface area contributed by atoms with Crippen LogP contribution in [0.1, 0.15) is 12.0 Å². The Bertz CT molecular complexity index is 636. The van der Waals surface area contributed by atoms with Gasteiger partial charge in [0.15, 0.2) is 5.17 Å². The van der Waals surface area contributed by atoms with Crippen LogP contribution in [0.3, 0.4) is 0 Å². The summed E-state index contributed by atoms with van der Waals surface area (Å²) < 4.78 is 4.90.